The highest BCUT2D eigenvalue weighted by Crippen LogP contribution is 2.29. The van der Waals surface area contributed by atoms with Crippen LogP contribution in [0.3, 0.4) is 0 Å². The largest absolute Gasteiger partial charge is 0.377 e. The van der Waals surface area contributed by atoms with Crippen molar-refractivity contribution < 1.29 is 9.53 Å². The van der Waals surface area contributed by atoms with Crippen molar-refractivity contribution in [2.75, 3.05) is 45.9 Å². The topological polar surface area (TPSA) is 44.8 Å². The van der Waals surface area contributed by atoms with Crippen LogP contribution < -0.4 is 5.32 Å². The van der Waals surface area contributed by atoms with Gasteiger partial charge in [-0.15, -0.1) is 24.8 Å². The Morgan fingerprint density at radius 2 is 1.52 bits per heavy atom. The van der Waals surface area contributed by atoms with Gasteiger partial charge in [0.2, 0.25) is 5.91 Å². The smallest absolute Gasteiger partial charge is 0.236 e. The Kier molecular flexibility index (Phi) is 10.8. The first kappa shape index (κ1) is 25.6. The molecule has 0 bridgehead atoms. The molecular formula is C24H33Cl2N3O2. The Hall–Kier alpha value is -1.63. The van der Waals surface area contributed by atoms with Gasteiger partial charge in [0.05, 0.1) is 18.7 Å². The van der Waals surface area contributed by atoms with Crippen LogP contribution in [-0.4, -0.2) is 67.7 Å². The standard InChI is InChI=1S/C24H31N3O2.2ClH/c28-23(19-25-18-22-12-7-17-29-22)26-13-15-27(16-14-26)24(20-8-3-1-4-9-20)21-10-5-2-6-11-21;;/h1-6,8-11,22,24-25H,7,12-19H2;2*1H. The third-order valence-electron chi connectivity index (χ3n) is 5.93. The van der Waals surface area contributed by atoms with Crippen molar-refractivity contribution in [3.8, 4) is 0 Å². The lowest BCUT2D eigenvalue weighted by Crippen LogP contribution is -2.52. The zero-order chi connectivity index (χ0) is 19.9. The minimum atomic E-state index is 0. The van der Waals surface area contributed by atoms with Gasteiger partial charge < -0.3 is 15.0 Å². The summed E-state index contributed by atoms with van der Waals surface area (Å²) in [5.74, 6) is 0.193. The van der Waals surface area contributed by atoms with Crippen molar-refractivity contribution >= 4 is 30.7 Å². The van der Waals surface area contributed by atoms with Gasteiger partial charge in [0.1, 0.15) is 0 Å². The summed E-state index contributed by atoms with van der Waals surface area (Å²) in [5, 5.41) is 3.28. The van der Waals surface area contributed by atoms with Crippen LogP contribution in [0.2, 0.25) is 0 Å². The average Bonchev–Trinajstić information content (AvgIpc) is 3.29. The number of benzene rings is 2. The van der Waals surface area contributed by atoms with Gasteiger partial charge in [0.25, 0.3) is 0 Å². The van der Waals surface area contributed by atoms with Gasteiger partial charge in [0.15, 0.2) is 0 Å². The van der Waals surface area contributed by atoms with Crippen LogP contribution in [0.4, 0.5) is 0 Å². The lowest BCUT2D eigenvalue weighted by atomic mass is 9.96. The van der Waals surface area contributed by atoms with E-state index in [9.17, 15) is 4.79 Å². The molecule has 0 aliphatic carbocycles. The van der Waals surface area contributed by atoms with E-state index in [-0.39, 0.29) is 42.9 Å². The first-order valence-corrected chi connectivity index (χ1v) is 10.8. The highest BCUT2D eigenvalue weighted by molar-refractivity contribution is 5.85. The molecule has 0 saturated carbocycles. The monoisotopic (exact) mass is 465 g/mol. The molecule has 2 aromatic carbocycles. The van der Waals surface area contributed by atoms with E-state index in [1.54, 1.807) is 0 Å². The lowest BCUT2D eigenvalue weighted by molar-refractivity contribution is -0.132. The van der Waals surface area contributed by atoms with E-state index in [4.69, 9.17) is 4.74 Å². The van der Waals surface area contributed by atoms with E-state index in [1.807, 2.05) is 4.90 Å². The second-order valence-electron chi connectivity index (χ2n) is 7.91. The van der Waals surface area contributed by atoms with Crippen molar-refractivity contribution in [3.05, 3.63) is 71.8 Å². The number of hydrogen-bond donors (Lipinski definition) is 1. The molecule has 2 fully saturated rings. The number of hydrogen-bond acceptors (Lipinski definition) is 4. The molecule has 1 unspecified atom stereocenters. The summed E-state index contributed by atoms with van der Waals surface area (Å²) in [6.07, 6.45) is 2.50. The zero-order valence-corrected chi connectivity index (χ0v) is 19.5. The number of carbonyl (C=O) groups is 1. The van der Waals surface area contributed by atoms with Crippen molar-refractivity contribution in [2.45, 2.75) is 25.0 Å². The maximum Gasteiger partial charge on any atom is 0.236 e. The highest BCUT2D eigenvalue weighted by Gasteiger charge is 2.28. The second-order valence-corrected chi connectivity index (χ2v) is 7.91. The number of piperazine rings is 1. The summed E-state index contributed by atoms with van der Waals surface area (Å²) in [4.78, 5) is 17.1. The predicted molar refractivity (Wildman–Crippen MR) is 129 cm³/mol. The number of halogens is 2. The number of amides is 1. The SMILES string of the molecule is Cl.Cl.O=C(CNCC1CCCO1)N1CCN(C(c2ccccc2)c2ccccc2)CC1. The molecule has 2 saturated heterocycles. The van der Waals surface area contributed by atoms with E-state index >= 15 is 0 Å². The first-order valence-electron chi connectivity index (χ1n) is 10.8. The molecule has 1 N–H and O–H groups in total. The van der Waals surface area contributed by atoms with Crippen molar-refractivity contribution in [1.82, 2.24) is 15.1 Å². The number of nitrogens with zero attached hydrogens (tertiary/aromatic N) is 2. The molecule has 170 valence electrons. The van der Waals surface area contributed by atoms with E-state index in [0.717, 1.165) is 52.2 Å². The summed E-state index contributed by atoms with van der Waals surface area (Å²) < 4.78 is 5.61. The molecule has 5 nitrogen and oxygen atoms in total. The fourth-order valence-corrected chi connectivity index (χ4v) is 4.37. The fourth-order valence-electron chi connectivity index (χ4n) is 4.37. The number of rotatable bonds is 7. The number of nitrogens with one attached hydrogen (secondary N) is 1. The average molecular weight is 466 g/mol. The Bertz CT molecular complexity index is 725. The molecule has 2 aliphatic heterocycles. The zero-order valence-electron chi connectivity index (χ0n) is 17.8. The van der Waals surface area contributed by atoms with Gasteiger partial charge in [-0.25, -0.2) is 0 Å². The van der Waals surface area contributed by atoms with Gasteiger partial charge >= 0.3 is 0 Å². The number of ether oxygens (including phenoxy) is 1. The van der Waals surface area contributed by atoms with Crippen LogP contribution in [0.1, 0.15) is 30.0 Å². The summed E-state index contributed by atoms with van der Waals surface area (Å²) in [6, 6.07) is 21.6. The van der Waals surface area contributed by atoms with Crippen LogP contribution in [0.15, 0.2) is 60.7 Å². The second kappa shape index (κ2) is 13.0. The van der Waals surface area contributed by atoms with Crippen LogP contribution in [0.5, 0.6) is 0 Å². The first-order chi connectivity index (χ1) is 14.3. The van der Waals surface area contributed by atoms with Crippen LogP contribution in [0.25, 0.3) is 0 Å². The Morgan fingerprint density at radius 1 is 0.935 bits per heavy atom. The van der Waals surface area contributed by atoms with Crippen LogP contribution >= 0.6 is 24.8 Å². The van der Waals surface area contributed by atoms with Gasteiger partial charge in [-0.05, 0) is 24.0 Å². The molecule has 1 atom stereocenters. The van der Waals surface area contributed by atoms with E-state index < -0.39 is 0 Å². The molecule has 31 heavy (non-hydrogen) atoms. The normalized spacial score (nSPS) is 19.0. The number of carbonyl (C=O) groups excluding carboxylic acids is 1. The third kappa shape index (κ3) is 6.93. The van der Waals surface area contributed by atoms with Gasteiger partial charge in [-0.1, -0.05) is 60.7 Å². The van der Waals surface area contributed by atoms with E-state index in [1.165, 1.54) is 11.1 Å². The molecule has 2 heterocycles. The van der Waals surface area contributed by atoms with Crippen molar-refractivity contribution in [3.63, 3.8) is 0 Å². The van der Waals surface area contributed by atoms with Gasteiger partial charge in [-0.3, -0.25) is 9.69 Å². The Labute approximate surface area is 198 Å². The molecule has 0 radical (unpaired) electrons. The van der Waals surface area contributed by atoms with E-state index in [0.29, 0.717) is 6.54 Å². The van der Waals surface area contributed by atoms with Crippen LogP contribution in [-0.2, 0) is 9.53 Å². The Balaban J connectivity index is 0.00000171. The maximum atomic E-state index is 12.6. The third-order valence-corrected chi connectivity index (χ3v) is 5.93. The summed E-state index contributed by atoms with van der Waals surface area (Å²) in [5.41, 5.74) is 2.61. The minimum absolute atomic E-state index is 0. The highest BCUT2D eigenvalue weighted by atomic mass is 35.5. The molecule has 2 aliphatic rings. The summed E-state index contributed by atoms with van der Waals surface area (Å²) >= 11 is 0. The van der Waals surface area contributed by atoms with E-state index in [2.05, 4.69) is 70.9 Å². The molecule has 7 heteroatoms. The molecule has 2 aromatic rings. The van der Waals surface area contributed by atoms with Gasteiger partial charge in [0, 0.05) is 39.3 Å². The van der Waals surface area contributed by atoms with Crippen molar-refractivity contribution in [1.29, 1.82) is 0 Å². The molecule has 1 amide bonds. The van der Waals surface area contributed by atoms with Gasteiger partial charge in [-0.2, -0.15) is 0 Å². The molecular weight excluding hydrogens is 433 g/mol. The van der Waals surface area contributed by atoms with Crippen LogP contribution in [0, 0.1) is 0 Å². The lowest BCUT2D eigenvalue weighted by Gasteiger charge is -2.40. The maximum absolute atomic E-state index is 12.6. The molecule has 0 spiro atoms. The fraction of sp³-hybridized carbons (Fsp3) is 0.458. The summed E-state index contributed by atoms with van der Waals surface area (Å²) in [7, 11) is 0. The quantitative estimate of drug-likeness (QED) is 0.678. The molecule has 4 rings (SSSR count). The molecule has 0 aromatic heterocycles. The Morgan fingerprint density at radius 3 is 2.03 bits per heavy atom. The predicted octanol–water partition coefficient (Wildman–Crippen LogP) is 3.53. The summed E-state index contributed by atoms with van der Waals surface area (Å²) in [6.45, 7) is 5.34. The minimum Gasteiger partial charge on any atom is -0.377 e. The van der Waals surface area contributed by atoms with Crippen molar-refractivity contribution in [2.24, 2.45) is 0 Å².